The van der Waals surface area contributed by atoms with Gasteiger partial charge in [-0.1, -0.05) is 53.6 Å². The molecule has 0 saturated carbocycles. The van der Waals surface area contributed by atoms with Gasteiger partial charge in [0, 0.05) is 17.0 Å². The van der Waals surface area contributed by atoms with Crippen molar-refractivity contribution in [1.82, 2.24) is 5.01 Å². The highest BCUT2D eigenvalue weighted by Gasteiger charge is 2.42. The van der Waals surface area contributed by atoms with Gasteiger partial charge in [0.1, 0.15) is 11.5 Å². The SMILES string of the molecule is COc1ccccc1C1Oc2ccc(Cl)cc2C2CC(c3ccc(C)cc3)=NN21. The lowest BCUT2D eigenvalue weighted by atomic mass is 9.95. The molecular formula is C24H21ClN2O2. The Morgan fingerprint density at radius 2 is 1.83 bits per heavy atom. The molecule has 2 heterocycles. The van der Waals surface area contributed by atoms with Crippen molar-refractivity contribution >= 4 is 17.3 Å². The Labute approximate surface area is 175 Å². The minimum Gasteiger partial charge on any atom is -0.496 e. The van der Waals surface area contributed by atoms with E-state index in [-0.39, 0.29) is 12.3 Å². The van der Waals surface area contributed by atoms with Crippen LogP contribution in [0, 0.1) is 6.92 Å². The van der Waals surface area contributed by atoms with Crippen molar-refractivity contribution in [3.63, 3.8) is 0 Å². The number of hydrazone groups is 1. The fourth-order valence-corrected chi connectivity index (χ4v) is 4.23. The number of para-hydroxylation sites is 1. The van der Waals surface area contributed by atoms with E-state index in [1.165, 1.54) is 5.56 Å². The van der Waals surface area contributed by atoms with Crippen molar-refractivity contribution in [2.24, 2.45) is 5.10 Å². The molecule has 0 saturated heterocycles. The average molecular weight is 405 g/mol. The third-order valence-corrected chi connectivity index (χ3v) is 5.78. The molecule has 0 N–H and O–H groups in total. The molecule has 2 unspecified atom stereocenters. The zero-order valence-corrected chi connectivity index (χ0v) is 17.1. The van der Waals surface area contributed by atoms with E-state index >= 15 is 0 Å². The summed E-state index contributed by atoms with van der Waals surface area (Å²) in [6.45, 7) is 2.09. The zero-order valence-electron chi connectivity index (χ0n) is 16.3. The molecule has 5 heteroatoms. The number of halogens is 1. The number of rotatable bonds is 3. The highest BCUT2D eigenvalue weighted by Crippen LogP contribution is 2.49. The molecule has 0 aliphatic carbocycles. The monoisotopic (exact) mass is 404 g/mol. The standard InChI is InChI=1S/C24H21ClN2O2/c1-15-7-9-16(10-8-15)20-14-21-19-13-17(25)11-12-23(19)29-24(27(21)26-20)18-5-3-4-6-22(18)28-2/h3-13,21,24H,14H2,1-2H3. The van der Waals surface area contributed by atoms with Crippen LogP contribution in [-0.4, -0.2) is 17.8 Å². The van der Waals surface area contributed by atoms with Gasteiger partial charge in [-0.25, -0.2) is 5.01 Å². The minimum atomic E-state index is -0.368. The van der Waals surface area contributed by atoms with Gasteiger partial charge in [-0.15, -0.1) is 0 Å². The number of hydrogen-bond acceptors (Lipinski definition) is 4. The van der Waals surface area contributed by atoms with E-state index in [0.29, 0.717) is 5.02 Å². The number of benzene rings is 3. The van der Waals surface area contributed by atoms with E-state index in [0.717, 1.165) is 40.3 Å². The largest absolute Gasteiger partial charge is 0.496 e. The fraction of sp³-hybridized carbons (Fsp3) is 0.208. The van der Waals surface area contributed by atoms with Crippen molar-refractivity contribution in [1.29, 1.82) is 0 Å². The molecular weight excluding hydrogens is 384 g/mol. The molecule has 29 heavy (non-hydrogen) atoms. The third-order valence-electron chi connectivity index (χ3n) is 5.54. The highest BCUT2D eigenvalue weighted by molar-refractivity contribution is 6.30. The predicted octanol–water partition coefficient (Wildman–Crippen LogP) is 5.90. The number of fused-ring (bicyclic) bond motifs is 3. The summed E-state index contributed by atoms with van der Waals surface area (Å²) in [5.74, 6) is 1.62. The molecule has 0 amide bonds. The molecule has 4 nitrogen and oxygen atoms in total. The van der Waals surface area contributed by atoms with Gasteiger partial charge in [0.2, 0.25) is 6.23 Å². The molecule has 0 bridgehead atoms. The van der Waals surface area contributed by atoms with Crippen LogP contribution in [0.2, 0.25) is 5.02 Å². The van der Waals surface area contributed by atoms with Crippen LogP contribution < -0.4 is 9.47 Å². The first-order valence-electron chi connectivity index (χ1n) is 9.66. The molecule has 3 aromatic carbocycles. The molecule has 146 valence electrons. The van der Waals surface area contributed by atoms with Gasteiger partial charge in [-0.2, -0.15) is 5.10 Å². The number of nitrogens with zero attached hydrogens (tertiary/aromatic N) is 2. The van der Waals surface area contributed by atoms with Crippen LogP contribution in [0.1, 0.15) is 40.9 Å². The number of aryl methyl sites for hydroxylation is 1. The summed E-state index contributed by atoms with van der Waals surface area (Å²) >= 11 is 6.31. The lowest BCUT2D eigenvalue weighted by molar-refractivity contribution is -0.0203. The van der Waals surface area contributed by atoms with Crippen LogP contribution in [0.25, 0.3) is 0 Å². The number of methoxy groups -OCH3 is 1. The smallest absolute Gasteiger partial charge is 0.217 e. The number of ether oxygens (including phenoxy) is 2. The second-order valence-electron chi connectivity index (χ2n) is 7.41. The first kappa shape index (κ1) is 18.1. The highest BCUT2D eigenvalue weighted by atomic mass is 35.5. The van der Waals surface area contributed by atoms with Crippen molar-refractivity contribution in [3.05, 3.63) is 94.0 Å². The van der Waals surface area contributed by atoms with Gasteiger partial charge >= 0.3 is 0 Å². The molecule has 0 aromatic heterocycles. The summed E-state index contributed by atoms with van der Waals surface area (Å²) in [5.41, 5.74) is 5.43. The molecule has 5 rings (SSSR count). The minimum absolute atomic E-state index is 0.0589. The summed E-state index contributed by atoms with van der Waals surface area (Å²) in [4.78, 5) is 0. The zero-order chi connectivity index (χ0) is 20.0. The van der Waals surface area contributed by atoms with E-state index in [9.17, 15) is 0 Å². The lowest BCUT2D eigenvalue weighted by Gasteiger charge is -2.38. The van der Waals surface area contributed by atoms with Gasteiger partial charge in [0.05, 0.1) is 24.4 Å². The van der Waals surface area contributed by atoms with Crippen LogP contribution in [-0.2, 0) is 0 Å². The average Bonchev–Trinajstić information content (AvgIpc) is 3.19. The summed E-state index contributed by atoms with van der Waals surface area (Å²) < 4.78 is 12.0. The Balaban J connectivity index is 1.62. The van der Waals surface area contributed by atoms with E-state index in [4.69, 9.17) is 26.2 Å². The maximum Gasteiger partial charge on any atom is 0.217 e. The maximum absolute atomic E-state index is 6.41. The summed E-state index contributed by atoms with van der Waals surface area (Å²) in [6, 6.07) is 22.3. The van der Waals surface area contributed by atoms with Crippen molar-refractivity contribution in [2.75, 3.05) is 7.11 Å². The molecule has 3 aromatic rings. The Bertz CT molecular complexity index is 1090. The van der Waals surface area contributed by atoms with Crippen molar-refractivity contribution in [3.8, 4) is 11.5 Å². The predicted molar refractivity (Wildman–Crippen MR) is 115 cm³/mol. The quantitative estimate of drug-likeness (QED) is 0.545. The van der Waals surface area contributed by atoms with E-state index in [2.05, 4.69) is 31.2 Å². The van der Waals surface area contributed by atoms with E-state index < -0.39 is 0 Å². The second kappa shape index (κ2) is 7.12. The summed E-state index contributed by atoms with van der Waals surface area (Å²) in [7, 11) is 1.68. The van der Waals surface area contributed by atoms with Crippen LogP contribution >= 0.6 is 11.6 Å². The van der Waals surface area contributed by atoms with E-state index in [1.807, 2.05) is 47.5 Å². The maximum atomic E-state index is 6.41. The van der Waals surface area contributed by atoms with Crippen LogP contribution in [0.5, 0.6) is 11.5 Å². The Kier molecular flexibility index (Phi) is 4.44. The molecule has 2 aliphatic rings. The molecule has 0 fully saturated rings. The Morgan fingerprint density at radius 1 is 1.03 bits per heavy atom. The number of hydrogen-bond donors (Lipinski definition) is 0. The Morgan fingerprint density at radius 3 is 2.62 bits per heavy atom. The van der Waals surface area contributed by atoms with Crippen LogP contribution in [0.15, 0.2) is 71.8 Å². The molecule has 2 aliphatic heterocycles. The fourth-order valence-electron chi connectivity index (χ4n) is 4.05. The topological polar surface area (TPSA) is 34.1 Å². The second-order valence-corrected chi connectivity index (χ2v) is 7.84. The summed E-state index contributed by atoms with van der Waals surface area (Å²) in [6.07, 6.45) is 0.429. The van der Waals surface area contributed by atoms with Crippen LogP contribution in [0.3, 0.4) is 0 Å². The third kappa shape index (κ3) is 3.14. The van der Waals surface area contributed by atoms with Crippen LogP contribution in [0.4, 0.5) is 0 Å². The first-order valence-corrected chi connectivity index (χ1v) is 10.0. The van der Waals surface area contributed by atoms with E-state index in [1.54, 1.807) is 7.11 Å². The van der Waals surface area contributed by atoms with Crippen molar-refractivity contribution in [2.45, 2.75) is 25.6 Å². The van der Waals surface area contributed by atoms with Gasteiger partial charge in [0.15, 0.2) is 0 Å². The molecule has 2 atom stereocenters. The van der Waals surface area contributed by atoms with Gasteiger partial charge in [0.25, 0.3) is 0 Å². The first-order chi connectivity index (χ1) is 14.1. The lowest BCUT2D eigenvalue weighted by Crippen LogP contribution is -2.33. The summed E-state index contributed by atoms with van der Waals surface area (Å²) in [5, 5.41) is 7.75. The van der Waals surface area contributed by atoms with Gasteiger partial charge in [-0.3, -0.25) is 0 Å². The van der Waals surface area contributed by atoms with Gasteiger partial charge in [-0.05, 0) is 42.8 Å². The van der Waals surface area contributed by atoms with Crippen molar-refractivity contribution < 1.29 is 9.47 Å². The Hall–Kier alpha value is -2.98. The molecule has 0 radical (unpaired) electrons. The van der Waals surface area contributed by atoms with Gasteiger partial charge < -0.3 is 9.47 Å². The normalized spacial score (nSPS) is 19.8. The molecule has 0 spiro atoms.